The van der Waals surface area contributed by atoms with Crippen LogP contribution in [-0.4, -0.2) is 28.5 Å². The van der Waals surface area contributed by atoms with E-state index in [4.69, 9.17) is 9.26 Å². The van der Waals surface area contributed by atoms with Gasteiger partial charge in [-0.2, -0.15) is 0 Å². The molecule has 0 unspecified atom stereocenters. The second-order valence-corrected chi connectivity index (χ2v) is 7.69. The Morgan fingerprint density at radius 2 is 2.12 bits per heavy atom. The minimum Gasteiger partial charge on any atom is -0.497 e. The first-order valence-corrected chi connectivity index (χ1v) is 9.43. The Balaban J connectivity index is 1.36. The Kier molecular flexibility index (Phi) is 4.40. The molecule has 0 bridgehead atoms. The molecule has 2 aromatic heterocycles. The predicted molar refractivity (Wildman–Crippen MR) is 94.6 cm³/mol. The van der Waals surface area contributed by atoms with Gasteiger partial charge in [0.15, 0.2) is 4.34 Å². The summed E-state index contributed by atoms with van der Waals surface area (Å²) < 4.78 is 11.5. The fourth-order valence-corrected chi connectivity index (χ4v) is 3.84. The molecule has 0 saturated heterocycles. The Morgan fingerprint density at radius 3 is 2.88 bits per heavy atom. The molecular weight excluding hydrogens is 344 g/mol. The van der Waals surface area contributed by atoms with Crippen molar-refractivity contribution in [3.8, 4) is 17.0 Å². The molecule has 0 spiro atoms. The van der Waals surface area contributed by atoms with Gasteiger partial charge in [0.1, 0.15) is 17.2 Å². The van der Waals surface area contributed by atoms with Gasteiger partial charge >= 0.3 is 0 Å². The molecule has 24 heavy (non-hydrogen) atoms. The quantitative estimate of drug-likeness (QED) is 0.637. The SMILES string of the molecule is COc1ccc(-c2cc(CSc3nnc(NC4CC4)s3)on2)cc1. The fraction of sp³-hybridized carbons (Fsp3) is 0.312. The molecule has 6 nitrogen and oxygen atoms in total. The van der Waals surface area contributed by atoms with E-state index in [0.717, 1.165) is 32.2 Å². The van der Waals surface area contributed by atoms with Crippen molar-refractivity contribution in [2.24, 2.45) is 0 Å². The summed E-state index contributed by atoms with van der Waals surface area (Å²) in [4.78, 5) is 0. The summed E-state index contributed by atoms with van der Waals surface area (Å²) in [5.74, 6) is 2.32. The molecule has 1 saturated carbocycles. The van der Waals surface area contributed by atoms with Crippen LogP contribution in [0.2, 0.25) is 0 Å². The number of methoxy groups -OCH3 is 1. The Labute approximate surface area is 147 Å². The van der Waals surface area contributed by atoms with Gasteiger partial charge in [-0.3, -0.25) is 0 Å². The van der Waals surface area contributed by atoms with Crippen molar-refractivity contribution in [1.29, 1.82) is 0 Å². The topological polar surface area (TPSA) is 73.1 Å². The van der Waals surface area contributed by atoms with Crippen LogP contribution < -0.4 is 10.1 Å². The largest absolute Gasteiger partial charge is 0.497 e. The number of benzene rings is 1. The number of hydrogen-bond donors (Lipinski definition) is 1. The van der Waals surface area contributed by atoms with Gasteiger partial charge in [-0.05, 0) is 37.1 Å². The van der Waals surface area contributed by atoms with Crippen LogP contribution in [0.1, 0.15) is 18.6 Å². The summed E-state index contributed by atoms with van der Waals surface area (Å²) in [6, 6.07) is 10.3. The molecule has 1 aliphatic carbocycles. The maximum Gasteiger partial charge on any atom is 0.206 e. The molecule has 1 fully saturated rings. The van der Waals surface area contributed by atoms with E-state index in [9.17, 15) is 0 Å². The number of thioether (sulfide) groups is 1. The van der Waals surface area contributed by atoms with E-state index in [-0.39, 0.29) is 0 Å². The summed E-state index contributed by atoms with van der Waals surface area (Å²) in [6.07, 6.45) is 2.46. The van der Waals surface area contributed by atoms with Crippen molar-refractivity contribution in [3.63, 3.8) is 0 Å². The lowest BCUT2D eigenvalue weighted by Gasteiger charge is -1.99. The van der Waals surface area contributed by atoms with Crippen molar-refractivity contribution < 1.29 is 9.26 Å². The van der Waals surface area contributed by atoms with Gasteiger partial charge in [0.05, 0.1) is 12.9 Å². The molecule has 0 aliphatic heterocycles. The predicted octanol–water partition coefficient (Wildman–Crippen LogP) is 4.07. The van der Waals surface area contributed by atoms with Crippen LogP contribution in [-0.2, 0) is 5.75 Å². The van der Waals surface area contributed by atoms with Gasteiger partial charge in [0.25, 0.3) is 0 Å². The number of aromatic nitrogens is 3. The average molecular weight is 360 g/mol. The Bertz CT molecular complexity index is 812. The molecule has 1 N–H and O–H groups in total. The maximum absolute atomic E-state index is 5.42. The highest BCUT2D eigenvalue weighted by molar-refractivity contribution is 8.00. The van der Waals surface area contributed by atoms with E-state index < -0.39 is 0 Å². The third kappa shape index (κ3) is 3.70. The van der Waals surface area contributed by atoms with Gasteiger partial charge in [-0.15, -0.1) is 10.2 Å². The highest BCUT2D eigenvalue weighted by atomic mass is 32.2. The zero-order valence-electron chi connectivity index (χ0n) is 13.1. The molecule has 2 heterocycles. The zero-order valence-corrected chi connectivity index (χ0v) is 14.7. The number of nitrogens with zero attached hydrogens (tertiary/aromatic N) is 3. The van der Waals surface area contributed by atoms with Crippen LogP contribution in [0.25, 0.3) is 11.3 Å². The minimum absolute atomic E-state index is 0.595. The van der Waals surface area contributed by atoms with Gasteiger partial charge in [-0.1, -0.05) is 28.3 Å². The molecule has 0 radical (unpaired) electrons. The second-order valence-electron chi connectivity index (χ2n) is 5.49. The molecule has 3 aromatic rings. The molecule has 124 valence electrons. The van der Waals surface area contributed by atoms with E-state index in [0.29, 0.717) is 11.8 Å². The highest BCUT2D eigenvalue weighted by Crippen LogP contribution is 2.32. The number of nitrogens with one attached hydrogen (secondary N) is 1. The van der Waals surface area contributed by atoms with Gasteiger partial charge < -0.3 is 14.6 Å². The molecule has 1 aliphatic rings. The van der Waals surface area contributed by atoms with E-state index >= 15 is 0 Å². The Morgan fingerprint density at radius 1 is 1.29 bits per heavy atom. The van der Waals surface area contributed by atoms with E-state index in [1.807, 2.05) is 30.3 Å². The highest BCUT2D eigenvalue weighted by Gasteiger charge is 2.22. The molecule has 1 aromatic carbocycles. The van der Waals surface area contributed by atoms with E-state index in [1.54, 1.807) is 30.2 Å². The standard InChI is InChI=1S/C16H16N4O2S2/c1-21-12-6-2-10(3-7-12)14-8-13(22-20-14)9-23-16-19-18-15(24-16)17-11-4-5-11/h2-3,6-8,11H,4-5,9H2,1H3,(H,17,18). The molecule has 4 rings (SSSR count). The van der Waals surface area contributed by atoms with Gasteiger partial charge in [0, 0.05) is 17.7 Å². The van der Waals surface area contributed by atoms with Crippen molar-refractivity contribution in [2.75, 3.05) is 12.4 Å². The van der Waals surface area contributed by atoms with Gasteiger partial charge in [-0.25, -0.2) is 0 Å². The first-order valence-electron chi connectivity index (χ1n) is 7.63. The van der Waals surface area contributed by atoms with Crippen molar-refractivity contribution in [1.82, 2.24) is 15.4 Å². The normalized spacial score (nSPS) is 13.9. The number of ether oxygens (including phenoxy) is 1. The third-order valence-corrected chi connectivity index (χ3v) is 5.60. The van der Waals surface area contributed by atoms with Crippen LogP contribution in [0.3, 0.4) is 0 Å². The monoisotopic (exact) mass is 360 g/mol. The van der Waals surface area contributed by atoms with E-state index in [2.05, 4.69) is 20.7 Å². The summed E-state index contributed by atoms with van der Waals surface area (Å²) >= 11 is 3.19. The smallest absolute Gasteiger partial charge is 0.206 e. The van der Waals surface area contributed by atoms with Crippen LogP contribution in [0.5, 0.6) is 5.75 Å². The van der Waals surface area contributed by atoms with E-state index in [1.165, 1.54) is 12.8 Å². The lowest BCUT2D eigenvalue weighted by molar-refractivity contribution is 0.397. The summed E-state index contributed by atoms with van der Waals surface area (Å²) in [5, 5.41) is 16.7. The van der Waals surface area contributed by atoms with Crippen molar-refractivity contribution in [3.05, 3.63) is 36.1 Å². The summed E-state index contributed by atoms with van der Waals surface area (Å²) in [6.45, 7) is 0. The first-order chi connectivity index (χ1) is 11.8. The lowest BCUT2D eigenvalue weighted by Crippen LogP contribution is -1.99. The lowest BCUT2D eigenvalue weighted by atomic mass is 10.1. The first kappa shape index (κ1) is 15.5. The van der Waals surface area contributed by atoms with Gasteiger partial charge in [0.2, 0.25) is 5.13 Å². The zero-order chi connectivity index (χ0) is 16.4. The second kappa shape index (κ2) is 6.82. The molecular formula is C16H16N4O2S2. The van der Waals surface area contributed by atoms with Crippen LogP contribution in [0.4, 0.5) is 5.13 Å². The fourth-order valence-electron chi connectivity index (χ4n) is 2.14. The third-order valence-electron chi connectivity index (χ3n) is 3.59. The average Bonchev–Trinajstić information content (AvgIpc) is 3.11. The Hall–Kier alpha value is -2.06. The van der Waals surface area contributed by atoms with Crippen molar-refractivity contribution >= 4 is 28.2 Å². The molecule has 0 atom stereocenters. The van der Waals surface area contributed by atoms with Crippen LogP contribution >= 0.6 is 23.1 Å². The summed E-state index contributed by atoms with van der Waals surface area (Å²) in [5.41, 5.74) is 1.82. The maximum atomic E-state index is 5.42. The number of rotatable bonds is 7. The summed E-state index contributed by atoms with van der Waals surface area (Å²) in [7, 11) is 1.65. The molecule has 0 amide bonds. The van der Waals surface area contributed by atoms with Crippen LogP contribution in [0, 0.1) is 0 Å². The van der Waals surface area contributed by atoms with Crippen LogP contribution in [0.15, 0.2) is 39.2 Å². The minimum atomic E-state index is 0.595. The number of hydrogen-bond acceptors (Lipinski definition) is 8. The number of anilines is 1. The molecule has 8 heteroatoms. The van der Waals surface area contributed by atoms with Crippen molar-refractivity contribution in [2.45, 2.75) is 29.0 Å².